The van der Waals surface area contributed by atoms with Gasteiger partial charge in [0, 0.05) is 6.54 Å². The Morgan fingerprint density at radius 1 is 1.27 bits per heavy atom. The highest BCUT2D eigenvalue weighted by Crippen LogP contribution is 2.16. The molecule has 92 valence electrons. The van der Waals surface area contributed by atoms with E-state index in [1.807, 2.05) is 6.92 Å². The van der Waals surface area contributed by atoms with Crippen LogP contribution in [-0.2, 0) is 0 Å². The quantitative estimate of drug-likeness (QED) is 0.604. The Bertz CT molecular complexity index is 153. The van der Waals surface area contributed by atoms with Gasteiger partial charge in [-0.1, -0.05) is 6.92 Å². The van der Waals surface area contributed by atoms with Crippen LogP contribution < -0.4 is 5.32 Å². The highest BCUT2D eigenvalue weighted by Gasteiger charge is 2.30. The second kappa shape index (κ2) is 7.90. The van der Waals surface area contributed by atoms with Gasteiger partial charge in [0.1, 0.15) is 0 Å². The lowest BCUT2D eigenvalue weighted by molar-refractivity contribution is -0.146. The van der Waals surface area contributed by atoms with Crippen LogP contribution in [0.2, 0.25) is 0 Å². The Morgan fingerprint density at radius 3 is 2.40 bits per heavy atom. The molecule has 0 fully saturated rings. The van der Waals surface area contributed by atoms with Crippen LogP contribution in [0.3, 0.4) is 0 Å². The van der Waals surface area contributed by atoms with Gasteiger partial charge in [-0.2, -0.15) is 13.2 Å². The number of nitrogens with one attached hydrogen (secondary N) is 1. The van der Waals surface area contributed by atoms with Gasteiger partial charge in [-0.25, -0.2) is 0 Å². The van der Waals surface area contributed by atoms with E-state index in [2.05, 4.69) is 5.32 Å². The van der Waals surface area contributed by atoms with Crippen molar-refractivity contribution < 1.29 is 18.3 Å². The van der Waals surface area contributed by atoms with Gasteiger partial charge in [0.25, 0.3) is 0 Å². The molecule has 3 nitrogen and oxygen atoms in total. The number of aliphatic hydroxyl groups is 1. The van der Waals surface area contributed by atoms with E-state index in [-0.39, 0.29) is 13.2 Å². The van der Waals surface area contributed by atoms with Gasteiger partial charge in [0.05, 0.1) is 13.2 Å². The van der Waals surface area contributed by atoms with Gasteiger partial charge >= 0.3 is 6.18 Å². The molecule has 0 bridgehead atoms. The molecule has 0 aliphatic rings. The van der Waals surface area contributed by atoms with Crippen LogP contribution in [0.5, 0.6) is 0 Å². The molecule has 0 radical (unpaired) electrons. The molecule has 6 heteroatoms. The Hall–Kier alpha value is -0.330. The molecule has 0 heterocycles. The van der Waals surface area contributed by atoms with Gasteiger partial charge in [0.15, 0.2) is 0 Å². The Kier molecular flexibility index (Phi) is 7.72. The zero-order valence-electron chi connectivity index (χ0n) is 8.98. The topological polar surface area (TPSA) is 35.5 Å². The molecule has 0 rings (SSSR count). The average Bonchev–Trinajstić information content (AvgIpc) is 2.10. The summed E-state index contributed by atoms with van der Waals surface area (Å²) in [6, 6.07) is 0. The first-order valence-corrected chi connectivity index (χ1v) is 5.10. The minimum atomic E-state index is -4.19. The third-order valence-corrected chi connectivity index (χ3v) is 1.90. The minimum Gasteiger partial charge on any atom is -0.395 e. The van der Waals surface area contributed by atoms with E-state index in [1.54, 1.807) is 0 Å². The molecule has 15 heavy (non-hydrogen) atoms. The van der Waals surface area contributed by atoms with Gasteiger partial charge < -0.3 is 10.4 Å². The van der Waals surface area contributed by atoms with Gasteiger partial charge in [-0.3, -0.25) is 4.90 Å². The molecular formula is C9H19F3N2O. The maximum Gasteiger partial charge on any atom is 0.401 e. The number of hydrogen-bond acceptors (Lipinski definition) is 3. The van der Waals surface area contributed by atoms with Crippen LogP contribution in [0.1, 0.15) is 13.3 Å². The largest absolute Gasteiger partial charge is 0.401 e. The molecule has 0 saturated heterocycles. The Labute approximate surface area is 88.3 Å². The summed E-state index contributed by atoms with van der Waals surface area (Å²) in [6.07, 6.45) is -3.53. The molecule has 0 spiro atoms. The van der Waals surface area contributed by atoms with E-state index in [0.717, 1.165) is 6.54 Å². The molecule has 0 aliphatic carbocycles. The second-order valence-corrected chi connectivity index (χ2v) is 3.32. The van der Waals surface area contributed by atoms with E-state index < -0.39 is 12.7 Å². The number of nitrogens with zero attached hydrogens (tertiary/aromatic N) is 1. The third kappa shape index (κ3) is 9.96. The van der Waals surface area contributed by atoms with Crippen LogP contribution >= 0.6 is 0 Å². The van der Waals surface area contributed by atoms with Crippen molar-refractivity contribution >= 4 is 0 Å². The number of halogens is 3. The fourth-order valence-electron chi connectivity index (χ4n) is 1.27. The fraction of sp³-hybridized carbons (Fsp3) is 1.00. The van der Waals surface area contributed by atoms with Crippen molar-refractivity contribution in [3.8, 4) is 0 Å². The Morgan fingerprint density at radius 2 is 1.93 bits per heavy atom. The number of alkyl halides is 3. The van der Waals surface area contributed by atoms with Crippen LogP contribution in [0.25, 0.3) is 0 Å². The van der Waals surface area contributed by atoms with Crippen molar-refractivity contribution in [2.75, 3.05) is 39.3 Å². The molecule has 0 aromatic carbocycles. The molecule has 0 unspecified atom stereocenters. The van der Waals surface area contributed by atoms with Crippen LogP contribution in [0, 0.1) is 0 Å². The molecule has 2 N–H and O–H groups in total. The van der Waals surface area contributed by atoms with Crippen molar-refractivity contribution in [1.29, 1.82) is 0 Å². The maximum atomic E-state index is 12.1. The monoisotopic (exact) mass is 228 g/mol. The molecule has 0 amide bonds. The van der Waals surface area contributed by atoms with Crippen molar-refractivity contribution in [1.82, 2.24) is 10.2 Å². The average molecular weight is 228 g/mol. The number of aliphatic hydroxyl groups excluding tert-OH is 1. The first-order chi connectivity index (χ1) is 6.99. The molecule has 0 aromatic rings. The first kappa shape index (κ1) is 14.7. The van der Waals surface area contributed by atoms with E-state index >= 15 is 0 Å². The van der Waals surface area contributed by atoms with Crippen molar-refractivity contribution in [2.24, 2.45) is 0 Å². The lowest BCUT2D eigenvalue weighted by Crippen LogP contribution is -2.37. The SMILES string of the molecule is CCNCCCN(CCO)CC(F)(F)F. The normalized spacial score (nSPS) is 12.4. The second-order valence-electron chi connectivity index (χ2n) is 3.32. The predicted octanol–water partition coefficient (Wildman–Crippen LogP) is 0.843. The van der Waals surface area contributed by atoms with Crippen molar-refractivity contribution in [3.63, 3.8) is 0 Å². The maximum absolute atomic E-state index is 12.1. The lowest BCUT2D eigenvalue weighted by atomic mass is 10.3. The zero-order chi connectivity index (χ0) is 11.7. The highest BCUT2D eigenvalue weighted by molar-refractivity contribution is 4.63. The van der Waals surface area contributed by atoms with Crippen LogP contribution in [0.15, 0.2) is 0 Å². The smallest absolute Gasteiger partial charge is 0.395 e. The minimum absolute atomic E-state index is 0.0750. The predicted molar refractivity (Wildman–Crippen MR) is 52.7 cm³/mol. The van der Waals surface area contributed by atoms with E-state index in [4.69, 9.17) is 5.11 Å². The standard InChI is InChI=1S/C9H19F3N2O/c1-2-13-4-3-5-14(6-7-15)8-9(10,11)12/h13,15H,2-8H2,1H3. The molecule has 0 aliphatic heterocycles. The van der Waals surface area contributed by atoms with Crippen LogP contribution in [-0.4, -0.2) is 55.5 Å². The highest BCUT2D eigenvalue weighted by atomic mass is 19.4. The number of rotatable bonds is 8. The summed E-state index contributed by atoms with van der Waals surface area (Å²) < 4.78 is 36.2. The summed E-state index contributed by atoms with van der Waals surface area (Å²) in [7, 11) is 0. The summed E-state index contributed by atoms with van der Waals surface area (Å²) in [5.41, 5.74) is 0. The summed E-state index contributed by atoms with van der Waals surface area (Å²) in [4.78, 5) is 1.22. The fourth-order valence-corrected chi connectivity index (χ4v) is 1.27. The molecule has 0 aromatic heterocycles. The summed E-state index contributed by atoms with van der Waals surface area (Å²) in [5.74, 6) is 0. The summed E-state index contributed by atoms with van der Waals surface area (Å²) in [5, 5.41) is 11.6. The van der Waals surface area contributed by atoms with Gasteiger partial charge in [-0.15, -0.1) is 0 Å². The molecule has 0 atom stereocenters. The first-order valence-electron chi connectivity index (χ1n) is 5.10. The summed E-state index contributed by atoms with van der Waals surface area (Å²) in [6.45, 7) is 2.71. The van der Waals surface area contributed by atoms with Crippen molar-refractivity contribution in [3.05, 3.63) is 0 Å². The summed E-state index contributed by atoms with van der Waals surface area (Å²) >= 11 is 0. The zero-order valence-corrected chi connectivity index (χ0v) is 8.98. The molecule has 0 saturated carbocycles. The molecular weight excluding hydrogens is 209 g/mol. The third-order valence-electron chi connectivity index (χ3n) is 1.90. The van der Waals surface area contributed by atoms with Gasteiger partial charge in [0.2, 0.25) is 0 Å². The van der Waals surface area contributed by atoms with Crippen LogP contribution in [0.4, 0.5) is 13.2 Å². The Balaban J connectivity index is 3.73. The lowest BCUT2D eigenvalue weighted by Gasteiger charge is -2.22. The van der Waals surface area contributed by atoms with Gasteiger partial charge in [-0.05, 0) is 26.1 Å². The van der Waals surface area contributed by atoms with E-state index in [0.29, 0.717) is 19.5 Å². The van der Waals surface area contributed by atoms with E-state index in [1.165, 1.54) is 4.90 Å². The van der Waals surface area contributed by atoms with Crippen molar-refractivity contribution in [2.45, 2.75) is 19.5 Å². The number of hydrogen-bond donors (Lipinski definition) is 2. The van der Waals surface area contributed by atoms with E-state index in [9.17, 15) is 13.2 Å².